The van der Waals surface area contributed by atoms with E-state index in [0.717, 1.165) is 29.0 Å². The highest BCUT2D eigenvalue weighted by atomic mass is 35.5. The first kappa shape index (κ1) is 21.3. The van der Waals surface area contributed by atoms with Crippen LogP contribution in [0.25, 0.3) is 0 Å². The number of carbonyl (C=O) groups is 1. The number of hydrogen-bond donors (Lipinski definition) is 1. The van der Waals surface area contributed by atoms with Gasteiger partial charge in [-0.05, 0) is 49.9 Å². The van der Waals surface area contributed by atoms with Crippen molar-refractivity contribution in [3.8, 4) is 0 Å². The van der Waals surface area contributed by atoms with Crippen LogP contribution < -0.4 is 9.62 Å². The standard InChI is InChI=1S/C20H25ClN2O3S/c1-15-9-12-18(21)13-19(15)23(27(3,25)26)14-20(24)22-16(2)10-11-17-7-5-4-6-8-17/h4-9,12-13,16H,10-11,14H2,1-3H3,(H,22,24)/t16-/m0/s1. The van der Waals surface area contributed by atoms with E-state index in [4.69, 9.17) is 11.6 Å². The average Bonchev–Trinajstić information content (AvgIpc) is 2.60. The van der Waals surface area contributed by atoms with Crippen molar-refractivity contribution < 1.29 is 13.2 Å². The Morgan fingerprint density at radius 2 is 1.85 bits per heavy atom. The van der Waals surface area contributed by atoms with Gasteiger partial charge >= 0.3 is 0 Å². The fourth-order valence-corrected chi connectivity index (χ4v) is 3.86. The molecule has 0 saturated carbocycles. The van der Waals surface area contributed by atoms with Gasteiger partial charge in [-0.3, -0.25) is 9.10 Å². The van der Waals surface area contributed by atoms with Gasteiger partial charge in [-0.15, -0.1) is 0 Å². The fourth-order valence-electron chi connectivity index (χ4n) is 2.78. The molecule has 2 rings (SSSR count). The molecule has 0 bridgehead atoms. The largest absolute Gasteiger partial charge is 0.352 e. The summed E-state index contributed by atoms with van der Waals surface area (Å²) in [5.74, 6) is -0.347. The molecule has 0 heterocycles. The van der Waals surface area contributed by atoms with Crippen LogP contribution in [0.1, 0.15) is 24.5 Å². The zero-order valence-corrected chi connectivity index (χ0v) is 17.3. The number of anilines is 1. The SMILES string of the molecule is Cc1ccc(Cl)cc1N(CC(=O)N[C@@H](C)CCc1ccccc1)S(C)(=O)=O. The summed E-state index contributed by atoms with van der Waals surface area (Å²) >= 11 is 6.01. The Labute approximate surface area is 166 Å². The Morgan fingerprint density at radius 1 is 1.19 bits per heavy atom. The minimum Gasteiger partial charge on any atom is -0.352 e. The third-order valence-electron chi connectivity index (χ3n) is 4.24. The molecule has 0 fully saturated rings. The number of benzene rings is 2. The van der Waals surface area contributed by atoms with E-state index in [2.05, 4.69) is 5.32 Å². The van der Waals surface area contributed by atoms with E-state index in [1.807, 2.05) is 37.3 Å². The second-order valence-electron chi connectivity index (χ2n) is 6.69. The Balaban J connectivity index is 2.02. The van der Waals surface area contributed by atoms with Crippen LogP contribution in [0.3, 0.4) is 0 Å². The molecule has 0 aliphatic carbocycles. The van der Waals surface area contributed by atoms with E-state index >= 15 is 0 Å². The lowest BCUT2D eigenvalue weighted by Crippen LogP contribution is -2.43. The first-order chi connectivity index (χ1) is 12.7. The molecule has 0 aliphatic rings. The lowest BCUT2D eigenvalue weighted by molar-refractivity contribution is -0.120. The second-order valence-corrected chi connectivity index (χ2v) is 9.04. The van der Waals surface area contributed by atoms with Gasteiger partial charge in [0.2, 0.25) is 15.9 Å². The van der Waals surface area contributed by atoms with Gasteiger partial charge in [0, 0.05) is 11.1 Å². The summed E-state index contributed by atoms with van der Waals surface area (Å²) in [5.41, 5.74) is 2.35. The molecule has 7 heteroatoms. The summed E-state index contributed by atoms with van der Waals surface area (Å²) in [5, 5.41) is 3.30. The smallest absolute Gasteiger partial charge is 0.240 e. The van der Waals surface area contributed by atoms with Gasteiger partial charge in [0.15, 0.2) is 0 Å². The van der Waals surface area contributed by atoms with Crippen LogP contribution >= 0.6 is 11.6 Å². The molecule has 146 valence electrons. The number of halogens is 1. The third-order valence-corrected chi connectivity index (χ3v) is 5.61. The van der Waals surface area contributed by atoms with Gasteiger partial charge in [-0.25, -0.2) is 8.42 Å². The van der Waals surface area contributed by atoms with Crippen LogP contribution in [-0.2, 0) is 21.2 Å². The lowest BCUT2D eigenvalue weighted by atomic mass is 10.1. The minimum atomic E-state index is -3.63. The maximum Gasteiger partial charge on any atom is 0.240 e. The Kier molecular flexibility index (Phi) is 7.27. The number of nitrogens with one attached hydrogen (secondary N) is 1. The molecule has 1 atom stereocenters. The molecule has 5 nitrogen and oxygen atoms in total. The van der Waals surface area contributed by atoms with E-state index in [1.165, 1.54) is 5.56 Å². The summed E-state index contributed by atoms with van der Waals surface area (Å²) < 4.78 is 25.6. The first-order valence-electron chi connectivity index (χ1n) is 8.74. The quantitative estimate of drug-likeness (QED) is 0.726. The summed E-state index contributed by atoms with van der Waals surface area (Å²) in [6, 6.07) is 14.9. The molecule has 0 spiro atoms. The molecular formula is C20H25ClN2O3S. The number of amides is 1. The maximum absolute atomic E-state index is 12.4. The zero-order chi connectivity index (χ0) is 20.0. The molecule has 0 unspecified atom stereocenters. The monoisotopic (exact) mass is 408 g/mol. The molecule has 0 aliphatic heterocycles. The third kappa shape index (κ3) is 6.56. The normalized spacial score (nSPS) is 12.4. The predicted octanol–water partition coefficient (Wildman–Crippen LogP) is 3.55. The van der Waals surface area contributed by atoms with Crippen LogP contribution in [0, 0.1) is 6.92 Å². The number of rotatable bonds is 8. The molecule has 27 heavy (non-hydrogen) atoms. The molecule has 0 aromatic heterocycles. The molecule has 1 N–H and O–H groups in total. The van der Waals surface area contributed by atoms with Gasteiger partial charge in [0.05, 0.1) is 11.9 Å². The molecule has 2 aromatic carbocycles. The number of sulfonamides is 1. The lowest BCUT2D eigenvalue weighted by Gasteiger charge is -2.25. The summed E-state index contributed by atoms with van der Waals surface area (Å²) in [4.78, 5) is 12.4. The highest BCUT2D eigenvalue weighted by Gasteiger charge is 2.23. The minimum absolute atomic E-state index is 0.0698. The van der Waals surface area contributed by atoms with Crippen molar-refractivity contribution in [3.63, 3.8) is 0 Å². The van der Waals surface area contributed by atoms with Crippen LogP contribution in [0.2, 0.25) is 5.02 Å². The zero-order valence-electron chi connectivity index (χ0n) is 15.8. The molecular weight excluding hydrogens is 384 g/mol. The van der Waals surface area contributed by atoms with Crippen molar-refractivity contribution in [1.82, 2.24) is 5.32 Å². The molecule has 0 saturated heterocycles. The van der Waals surface area contributed by atoms with Gasteiger partial charge in [-0.1, -0.05) is 48.0 Å². The van der Waals surface area contributed by atoms with Gasteiger partial charge < -0.3 is 5.32 Å². The van der Waals surface area contributed by atoms with E-state index in [9.17, 15) is 13.2 Å². The molecule has 2 aromatic rings. The van der Waals surface area contributed by atoms with Crippen molar-refractivity contribution in [3.05, 3.63) is 64.7 Å². The number of aryl methyl sites for hydroxylation is 2. The van der Waals surface area contributed by atoms with Crippen LogP contribution in [0.5, 0.6) is 0 Å². The Hall–Kier alpha value is -2.05. The first-order valence-corrected chi connectivity index (χ1v) is 11.0. The Morgan fingerprint density at radius 3 is 2.48 bits per heavy atom. The van der Waals surface area contributed by atoms with Crippen LogP contribution in [-0.4, -0.2) is 33.2 Å². The number of nitrogens with zero attached hydrogens (tertiary/aromatic N) is 1. The van der Waals surface area contributed by atoms with Crippen molar-refractivity contribution in [1.29, 1.82) is 0 Å². The van der Waals surface area contributed by atoms with Gasteiger partial charge in [0.1, 0.15) is 6.54 Å². The highest BCUT2D eigenvalue weighted by Crippen LogP contribution is 2.26. The summed E-state index contributed by atoms with van der Waals surface area (Å²) in [6.45, 7) is 3.41. The van der Waals surface area contributed by atoms with Crippen LogP contribution in [0.15, 0.2) is 48.5 Å². The van der Waals surface area contributed by atoms with E-state index in [-0.39, 0.29) is 18.5 Å². The van der Waals surface area contributed by atoms with E-state index in [0.29, 0.717) is 10.7 Å². The van der Waals surface area contributed by atoms with E-state index < -0.39 is 10.0 Å². The molecule has 0 radical (unpaired) electrons. The van der Waals surface area contributed by atoms with Crippen molar-refractivity contribution >= 4 is 33.2 Å². The second kappa shape index (κ2) is 9.24. The fraction of sp³-hybridized carbons (Fsp3) is 0.350. The number of hydrogen-bond acceptors (Lipinski definition) is 3. The van der Waals surface area contributed by atoms with Crippen molar-refractivity contribution in [2.75, 3.05) is 17.1 Å². The molecule has 1 amide bonds. The van der Waals surface area contributed by atoms with Gasteiger partial charge in [0.25, 0.3) is 0 Å². The maximum atomic E-state index is 12.4. The number of carbonyl (C=O) groups excluding carboxylic acids is 1. The van der Waals surface area contributed by atoms with Crippen LogP contribution in [0.4, 0.5) is 5.69 Å². The van der Waals surface area contributed by atoms with Gasteiger partial charge in [-0.2, -0.15) is 0 Å². The van der Waals surface area contributed by atoms with Crippen molar-refractivity contribution in [2.45, 2.75) is 32.7 Å². The van der Waals surface area contributed by atoms with Crippen molar-refractivity contribution in [2.24, 2.45) is 0 Å². The van der Waals surface area contributed by atoms with E-state index in [1.54, 1.807) is 25.1 Å². The topological polar surface area (TPSA) is 66.5 Å². The summed E-state index contributed by atoms with van der Waals surface area (Å²) in [6.07, 6.45) is 2.69. The summed E-state index contributed by atoms with van der Waals surface area (Å²) in [7, 11) is -3.63. The predicted molar refractivity (Wildman–Crippen MR) is 111 cm³/mol. The average molecular weight is 409 g/mol. The Bertz CT molecular complexity index is 885. The highest BCUT2D eigenvalue weighted by molar-refractivity contribution is 7.92.